The Kier molecular flexibility index (Phi) is 4.00. The molecule has 2 N–H and O–H groups in total. The highest BCUT2D eigenvalue weighted by molar-refractivity contribution is 6.04. The summed E-state index contributed by atoms with van der Waals surface area (Å²) in [6, 6.07) is 1.27. The number of rotatable bonds is 3. The number of nitrogens with zero attached hydrogens (tertiary/aromatic N) is 1. The minimum Gasteiger partial charge on any atom is -0.481 e. The summed E-state index contributed by atoms with van der Waals surface area (Å²) in [5, 5.41) is 11.3. The highest BCUT2D eigenvalue weighted by atomic mass is 19.1. The molecule has 0 aliphatic carbocycles. The lowest BCUT2D eigenvalue weighted by Crippen LogP contribution is -2.39. The SMILES string of the molecule is CC(C)(C)C(C(=O)O)C(=O)Nc1ccncc1F. The van der Waals surface area contributed by atoms with Crippen LogP contribution in [0, 0.1) is 17.2 Å². The van der Waals surface area contributed by atoms with Crippen LogP contribution in [-0.4, -0.2) is 22.0 Å². The summed E-state index contributed by atoms with van der Waals surface area (Å²) in [5.74, 6) is -3.96. The van der Waals surface area contributed by atoms with Crippen molar-refractivity contribution in [1.82, 2.24) is 4.98 Å². The summed E-state index contributed by atoms with van der Waals surface area (Å²) in [7, 11) is 0. The van der Waals surface area contributed by atoms with Crippen LogP contribution in [0.2, 0.25) is 0 Å². The molecule has 0 bridgehead atoms. The molecule has 0 spiro atoms. The zero-order chi connectivity index (χ0) is 13.9. The maximum absolute atomic E-state index is 13.3. The first-order valence-electron chi connectivity index (χ1n) is 5.36. The third-order valence-electron chi connectivity index (χ3n) is 2.41. The molecule has 5 nitrogen and oxygen atoms in total. The first-order valence-corrected chi connectivity index (χ1v) is 5.36. The number of aromatic nitrogens is 1. The summed E-state index contributed by atoms with van der Waals surface area (Å²) < 4.78 is 13.3. The van der Waals surface area contributed by atoms with Crippen LogP contribution in [0.15, 0.2) is 18.5 Å². The summed E-state index contributed by atoms with van der Waals surface area (Å²) in [5.41, 5.74) is -0.843. The number of hydrogen-bond donors (Lipinski definition) is 2. The molecule has 98 valence electrons. The number of carbonyl (C=O) groups excluding carboxylic acids is 1. The predicted octanol–water partition coefficient (Wildman–Crippen LogP) is 1.91. The molecule has 1 aromatic rings. The topological polar surface area (TPSA) is 79.3 Å². The number of amides is 1. The van der Waals surface area contributed by atoms with Gasteiger partial charge in [-0.15, -0.1) is 0 Å². The first-order chi connectivity index (χ1) is 8.23. The lowest BCUT2D eigenvalue weighted by Gasteiger charge is -2.25. The van der Waals surface area contributed by atoms with Crippen molar-refractivity contribution in [2.75, 3.05) is 5.32 Å². The van der Waals surface area contributed by atoms with Crippen LogP contribution in [0.5, 0.6) is 0 Å². The van der Waals surface area contributed by atoms with Crippen LogP contribution in [0.3, 0.4) is 0 Å². The summed E-state index contributed by atoms with van der Waals surface area (Å²) in [6.07, 6.45) is 2.26. The summed E-state index contributed by atoms with van der Waals surface area (Å²) in [4.78, 5) is 26.5. The number of hydrogen-bond acceptors (Lipinski definition) is 3. The van der Waals surface area contributed by atoms with Crippen LogP contribution in [0.1, 0.15) is 20.8 Å². The van der Waals surface area contributed by atoms with Gasteiger partial charge in [-0.3, -0.25) is 14.6 Å². The third-order valence-corrected chi connectivity index (χ3v) is 2.41. The molecular weight excluding hydrogens is 239 g/mol. The largest absolute Gasteiger partial charge is 0.481 e. The van der Waals surface area contributed by atoms with Crippen molar-refractivity contribution in [1.29, 1.82) is 0 Å². The fraction of sp³-hybridized carbons (Fsp3) is 0.417. The molecular formula is C12H15FN2O3. The maximum atomic E-state index is 13.3. The van der Waals surface area contributed by atoms with E-state index in [1.807, 2.05) is 0 Å². The highest BCUT2D eigenvalue weighted by Crippen LogP contribution is 2.27. The average molecular weight is 254 g/mol. The molecule has 18 heavy (non-hydrogen) atoms. The van der Waals surface area contributed by atoms with Gasteiger partial charge in [0.25, 0.3) is 0 Å². The maximum Gasteiger partial charge on any atom is 0.316 e. The Bertz CT molecular complexity index is 469. The van der Waals surface area contributed by atoms with Gasteiger partial charge in [-0.1, -0.05) is 20.8 Å². The third kappa shape index (κ3) is 3.26. The van der Waals surface area contributed by atoms with Gasteiger partial charge in [0, 0.05) is 6.20 Å². The molecule has 0 aromatic carbocycles. The molecule has 0 saturated heterocycles. The van der Waals surface area contributed by atoms with E-state index in [1.165, 1.54) is 12.3 Å². The zero-order valence-electron chi connectivity index (χ0n) is 10.4. The van der Waals surface area contributed by atoms with Crippen LogP contribution in [0.25, 0.3) is 0 Å². The Labute approximate surface area is 104 Å². The van der Waals surface area contributed by atoms with Gasteiger partial charge in [0.2, 0.25) is 5.91 Å². The van der Waals surface area contributed by atoms with E-state index in [0.717, 1.165) is 6.20 Å². The van der Waals surface area contributed by atoms with Crippen molar-refractivity contribution in [3.05, 3.63) is 24.3 Å². The van der Waals surface area contributed by atoms with E-state index in [0.29, 0.717) is 0 Å². The van der Waals surface area contributed by atoms with Gasteiger partial charge in [0.1, 0.15) is 5.92 Å². The fourth-order valence-corrected chi connectivity index (χ4v) is 1.56. The minimum absolute atomic E-state index is 0.0782. The van der Waals surface area contributed by atoms with E-state index >= 15 is 0 Å². The summed E-state index contributed by atoms with van der Waals surface area (Å²) >= 11 is 0. The van der Waals surface area contributed by atoms with Crippen LogP contribution < -0.4 is 5.32 Å². The number of carbonyl (C=O) groups is 2. The van der Waals surface area contributed by atoms with E-state index in [4.69, 9.17) is 5.11 Å². The standard InChI is InChI=1S/C12H15FN2O3/c1-12(2,3)9(11(17)18)10(16)15-8-4-5-14-6-7(8)13/h4-6,9H,1-3H3,(H,17,18)(H,14,15,16). The molecule has 1 unspecified atom stereocenters. The van der Waals surface area contributed by atoms with Gasteiger partial charge >= 0.3 is 5.97 Å². The average Bonchev–Trinajstić information content (AvgIpc) is 2.18. The molecule has 1 heterocycles. The lowest BCUT2D eigenvalue weighted by molar-refractivity contribution is -0.149. The van der Waals surface area contributed by atoms with Gasteiger partial charge in [-0.25, -0.2) is 4.39 Å². The Morgan fingerprint density at radius 1 is 1.44 bits per heavy atom. The molecule has 1 atom stereocenters. The summed E-state index contributed by atoms with van der Waals surface area (Å²) in [6.45, 7) is 4.90. The number of carboxylic acids is 1. The molecule has 1 aromatic heterocycles. The van der Waals surface area contributed by atoms with Gasteiger partial charge in [0.15, 0.2) is 5.82 Å². The highest BCUT2D eigenvalue weighted by Gasteiger charge is 2.37. The monoisotopic (exact) mass is 254 g/mol. The van der Waals surface area contributed by atoms with Gasteiger partial charge in [-0.05, 0) is 11.5 Å². The zero-order valence-corrected chi connectivity index (χ0v) is 10.4. The molecule has 0 fully saturated rings. The van der Waals surface area contributed by atoms with Crippen molar-refractivity contribution < 1.29 is 19.1 Å². The Hall–Kier alpha value is -1.98. The fourth-order valence-electron chi connectivity index (χ4n) is 1.56. The van der Waals surface area contributed by atoms with Gasteiger partial charge in [0.05, 0.1) is 11.9 Å². The Morgan fingerprint density at radius 3 is 2.50 bits per heavy atom. The van der Waals surface area contributed by atoms with Crippen molar-refractivity contribution in [3.63, 3.8) is 0 Å². The smallest absolute Gasteiger partial charge is 0.316 e. The number of carboxylic acid groups (broad SMARTS) is 1. The molecule has 0 aliphatic rings. The van der Waals surface area contributed by atoms with Crippen LogP contribution in [0.4, 0.5) is 10.1 Å². The van der Waals surface area contributed by atoms with E-state index < -0.39 is 29.0 Å². The van der Waals surface area contributed by atoms with E-state index in [1.54, 1.807) is 20.8 Å². The number of aliphatic carboxylic acids is 1. The number of nitrogens with one attached hydrogen (secondary N) is 1. The molecule has 0 saturated carbocycles. The van der Waals surface area contributed by atoms with E-state index in [2.05, 4.69) is 10.3 Å². The van der Waals surface area contributed by atoms with E-state index in [9.17, 15) is 14.0 Å². The molecule has 6 heteroatoms. The van der Waals surface area contributed by atoms with Gasteiger partial charge in [-0.2, -0.15) is 0 Å². The van der Waals surface area contributed by atoms with Crippen molar-refractivity contribution >= 4 is 17.6 Å². The molecule has 0 aliphatic heterocycles. The number of anilines is 1. The molecule has 0 radical (unpaired) electrons. The van der Waals surface area contributed by atoms with Gasteiger partial charge < -0.3 is 10.4 Å². The van der Waals surface area contributed by atoms with Crippen molar-refractivity contribution in [3.8, 4) is 0 Å². The second kappa shape index (κ2) is 5.12. The van der Waals surface area contributed by atoms with Crippen molar-refractivity contribution in [2.45, 2.75) is 20.8 Å². The normalized spacial score (nSPS) is 12.9. The molecule has 1 amide bonds. The first kappa shape index (κ1) is 14.1. The van der Waals surface area contributed by atoms with Crippen LogP contribution >= 0.6 is 0 Å². The number of pyridine rings is 1. The van der Waals surface area contributed by atoms with E-state index in [-0.39, 0.29) is 5.69 Å². The number of halogens is 1. The minimum atomic E-state index is -1.26. The Morgan fingerprint density at radius 2 is 2.06 bits per heavy atom. The predicted molar refractivity (Wildman–Crippen MR) is 63.4 cm³/mol. The van der Waals surface area contributed by atoms with Crippen molar-refractivity contribution in [2.24, 2.45) is 11.3 Å². The Balaban J connectivity index is 2.94. The second-order valence-electron chi connectivity index (χ2n) is 4.98. The molecule has 1 rings (SSSR count). The quantitative estimate of drug-likeness (QED) is 0.807. The lowest BCUT2D eigenvalue weighted by atomic mass is 9.80. The van der Waals surface area contributed by atoms with Crippen LogP contribution in [-0.2, 0) is 9.59 Å². The second-order valence-corrected chi connectivity index (χ2v) is 4.98.